The molecule has 0 aliphatic heterocycles. The Morgan fingerprint density at radius 2 is 0.806 bits per heavy atom. The topological polar surface area (TPSA) is 105 Å². The summed E-state index contributed by atoms with van der Waals surface area (Å²) in [6.07, 6.45) is 73.3. The van der Waals surface area contributed by atoms with Crippen molar-refractivity contribution < 1.29 is 32.9 Å². The fourth-order valence-electron chi connectivity index (χ4n) is 8.89. The van der Waals surface area contributed by atoms with E-state index in [1.54, 1.807) is 6.08 Å². The highest BCUT2D eigenvalue weighted by Crippen LogP contribution is 2.43. The zero-order valence-corrected chi connectivity index (χ0v) is 49.1. The number of carbonyl (C=O) groups is 1. The molecule has 0 aliphatic carbocycles. The maximum Gasteiger partial charge on any atom is 0.472 e. The summed E-state index contributed by atoms with van der Waals surface area (Å²) >= 11 is 0. The summed E-state index contributed by atoms with van der Waals surface area (Å²) in [6, 6.07) is -0.869. The molecule has 0 saturated heterocycles. The molecule has 3 N–H and O–H groups in total. The average Bonchev–Trinajstić information content (AvgIpc) is 3.34. The minimum absolute atomic E-state index is 0.0538. The Morgan fingerprint density at radius 3 is 1.21 bits per heavy atom. The molecule has 0 saturated carbocycles. The van der Waals surface area contributed by atoms with Gasteiger partial charge in [0, 0.05) is 6.42 Å². The Bertz CT molecular complexity index is 1360. The standard InChI is InChI=1S/C63H119N2O6P/c1-6-8-10-12-14-16-18-20-22-24-26-28-30-32-34-36-38-40-42-44-46-48-50-52-54-56-62(66)61(60-71-72(68,69)70-59-58-65(3,4)5)64-63(67)57-55-53-51-49-47-45-43-41-39-37-35-33-31-29-27-25-23-21-19-17-15-13-11-9-7-2/h19,21,25,27,31,33,46,48,54,56,61-62,66H,6-18,20,22-24,26,28-30,32,34-45,47,49-53,55,57-60H2,1-5H3,(H-,64,67,68,69)/p+1/b21-19-,27-25-,33-31-,48-46+,56-54+. The lowest BCUT2D eigenvalue weighted by atomic mass is 10.0. The average molecular weight is 1030 g/mol. The summed E-state index contributed by atoms with van der Waals surface area (Å²) in [4.78, 5) is 23.3. The first-order chi connectivity index (χ1) is 35.0. The highest BCUT2D eigenvalue weighted by Gasteiger charge is 2.27. The monoisotopic (exact) mass is 1030 g/mol. The van der Waals surface area contributed by atoms with Crippen LogP contribution in [0.2, 0.25) is 0 Å². The lowest BCUT2D eigenvalue weighted by Gasteiger charge is -2.25. The fraction of sp³-hybridized carbons (Fsp3) is 0.825. The van der Waals surface area contributed by atoms with Crippen molar-refractivity contribution >= 4 is 13.7 Å². The van der Waals surface area contributed by atoms with Gasteiger partial charge in [-0.15, -0.1) is 0 Å². The first-order valence-corrected chi connectivity index (χ1v) is 32.2. The van der Waals surface area contributed by atoms with E-state index in [-0.39, 0.29) is 19.1 Å². The number of quaternary nitrogens is 1. The number of carbonyl (C=O) groups excluding carboxylic acids is 1. The van der Waals surface area contributed by atoms with Crippen LogP contribution in [0.4, 0.5) is 0 Å². The number of phosphoric acid groups is 1. The van der Waals surface area contributed by atoms with Crippen LogP contribution in [-0.2, 0) is 18.4 Å². The van der Waals surface area contributed by atoms with Crippen molar-refractivity contribution in [1.82, 2.24) is 5.32 Å². The summed E-state index contributed by atoms with van der Waals surface area (Å²) in [5.74, 6) is -0.190. The number of nitrogens with one attached hydrogen (secondary N) is 1. The summed E-state index contributed by atoms with van der Waals surface area (Å²) in [7, 11) is 1.55. The minimum atomic E-state index is -4.36. The number of phosphoric ester groups is 1. The van der Waals surface area contributed by atoms with E-state index in [0.717, 1.165) is 51.4 Å². The molecule has 3 unspecified atom stereocenters. The molecule has 0 aromatic heterocycles. The minimum Gasteiger partial charge on any atom is -0.387 e. The highest BCUT2D eigenvalue weighted by atomic mass is 31.2. The van der Waals surface area contributed by atoms with E-state index in [1.807, 2.05) is 27.2 Å². The van der Waals surface area contributed by atoms with Gasteiger partial charge in [0.15, 0.2) is 0 Å². The Hall–Kier alpha value is -1.80. The van der Waals surface area contributed by atoms with Crippen molar-refractivity contribution in [1.29, 1.82) is 0 Å². The Balaban J connectivity index is 4.23. The van der Waals surface area contributed by atoms with Crippen molar-refractivity contribution in [2.45, 2.75) is 296 Å². The molecular formula is C63H120N2O6P+. The number of amides is 1. The van der Waals surface area contributed by atoms with Gasteiger partial charge in [0.25, 0.3) is 0 Å². The number of hydrogen-bond donors (Lipinski definition) is 3. The van der Waals surface area contributed by atoms with Crippen LogP contribution >= 0.6 is 7.82 Å². The van der Waals surface area contributed by atoms with Gasteiger partial charge in [0.1, 0.15) is 13.2 Å². The number of nitrogens with zero attached hydrogens (tertiary/aromatic N) is 1. The van der Waals surface area contributed by atoms with Crippen LogP contribution in [0.5, 0.6) is 0 Å². The summed E-state index contributed by atoms with van der Waals surface area (Å²) in [6.45, 7) is 4.81. The summed E-state index contributed by atoms with van der Waals surface area (Å²) in [5, 5.41) is 13.9. The van der Waals surface area contributed by atoms with Crippen LogP contribution in [0.15, 0.2) is 60.8 Å². The smallest absolute Gasteiger partial charge is 0.387 e. The third-order valence-electron chi connectivity index (χ3n) is 13.7. The normalized spacial score (nSPS) is 14.3. The Kier molecular flexibility index (Phi) is 52.7. The molecule has 422 valence electrons. The van der Waals surface area contributed by atoms with Crippen molar-refractivity contribution in [2.24, 2.45) is 0 Å². The number of hydrogen-bond acceptors (Lipinski definition) is 5. The van der Waals surface area contributed by atoms with Gasteiger partial charge in [-0.3, -0.25) is 13.8 Å². The maximum absolute atomic E-state index is 13.0. The number of likely N-dealkylation sites (N-methyl/N-ethyl adjacent to an activating group) is 1. The second-order valence-electron chi connectivity index (χ2n) is 22.1. The van der Waals surface area contributed by atoms with Crippen LogP contribution in [0, 0.1) is 0 Å². The van der Waals surface area contributed by atoms with Crippen LogP contribution in [0.1, 0.15) is 284 Å². The predicted molar refractivity (Wildman–Crippen MR) is 314 cm³/mol. The van der Waals surface area contributed by atoms with Crippen molar-refractivity contribution in [3.8, 4) is 0 Å². The molecule has 1 amide bonds. The first-order valence-electron chi connectivity index (χ1n) is 30.7. The SMILES string of the molecule is CCCCCCC/C=C\C/C=C\C/C=C\CCCCCCCCCCCCC(=O)NC(COP(=O)(O)OCC[N+](C)(C)C)C(O)/C=C/CC/C=C/CCCCCCCCCCCCCCCCCCCCC. The second kappa shape index (κ2) is 54.0. The molecule has 9 heteroatoms. The third-order valence-corrected chi connectivity index (χ3v) is 14.7. The molecule has 0 rings (SSSR count). The zero-order valence-electron chi connectivity index (χ0n) is 48.2. The summed E-state index contributed by atoms with van der Waals surface area (Å²) < 4.78 is 23.7. The number of aliphatic hydroxyl groups is 1. The van der Waals surface area contributed by atoms with Crippen LogP contribution < -0.4 is 5.32 Å². The Labute approximate surface area is 447 Å². The van der Waals surface area contributed by atoms with Gasteiger partial charge in [-0.2, -0.15) is 0 Å². The summed E-state index contributed by atoms with van der Waals surface area (Å²) in [5.41, 5.74) is 0. The molecule has 0 spiro atoms. The van der Waals surface area contributed by atoms with Crippen molar-refractivity contribution in [3.63, 3.8) is 0 Å². The third kappa shape index (κ3) is 55.9. The van der Waals surface area contributed by atoms with E-state index < -0.39 is 20.0 Å². The second-order valence-corrected chi connectivity index (χ2v) is 23.5. The molecule has 0 bridgehead atoms. The number of unbranched alkanes of at least 4 members (excludes halogenated alkanes) is 35. The van der Waals surface area contributed by atoms with Gasteiger partial charge >= 0.3 is 7.82 Å². The molecule has 0 radical (unpaired) electrons. The molecule has 0 aliphatic rings. The molecule has 8 nitrogen and oxygen atoms in total. The lowest BCUT2D eigenvalue weighted by molar-refractivity contribution is -0.870. The first kappa shape index (κ1) is 70.2. The van der Waals surface area contributed by atoms with Gasteiger partial charge in [-0.25, -0.2) is 4.57 Å². The molecule has 3 atom stereocenters. The molecule has 0 heterocycles. The van der Waals surface area contributed by atoms with E-state index in [1.165, 1.54) is 212 Å². The number of rotatable bonds is 56. The Morgan fingerprint density at radius 1 is 0.472 bits per heavy atom. The van der Waals surface area contributed by atoms with Gasteiger partial charge in [-0.1, -0.05) is 267 Å². The lowest BCUT2D eigenvalue weighted by Crippen LogP contribution is -2.45. The highest BCUT2D eigenvalue weighted by molar-refractivity contribution is 7.47. The van der Waals surface area contributed by atoms with E-state index >= 15 is 0 Å². The number of allylic oxidation sites excluding steroid dienone is 9. The zero-order chi connectivity index (χ0) is 52.7. The van der Waals surface area contributed by atoms with E-state index in [4.69, 9.17) is 9.05 Å². The van der Waals surface area contributed by atoms with Gasteiger partial charge in [0.2, 0.25) is 5.91 Å². The van der Waals surface area contributed by atoms with Crippen LogP contribution in [0.3, 0.4) is 0 Å². The van der Waals surface area contributed by atoms with Crippen molar-refractivity contribution in [3.05, 3.63) is 60.8 Å². The number of aliphatic hydroxyl groups excluding tert-OH is 1. The molecule has 0 aromatic rings. The quantitative estimate of drug-likeness (QED) is 0.0243. The van der Waals surface area contributed by atoms with E-state index in [9.17, 15) is 19.4 Å². The van der Waals surface area contributed by atoms with Crippen molar-refractivity contribution in [2.75, 3.05) is 40.9 Å². The predicted octanol–water partition coefficient (Wildman–Crippen LogP) is 18.9. The van der Waals surface area contributed by atoms with Gasteiger partial charge in [0.05, 0.1) is 39.9 Å². The van der Waals surface area contributed by atoms with Crippen LogP contribution in [-0.4, -0.2) is 73.4 Å². The largest absolute Gasteiger partial charge is 0.472 e. The molecular weight excluding hydrogens is 912 g/mol. The van der Waals surface area contributed by atoms with E-state index in [0.29, 0.717) is 17.4 Å². The molecule has 0 fully saturated rings. The van der Waals surface area contributed by atoms with Crippen LogP contribution in [0.25, 0.3) is 0 Å². The van der Waals surface area contributed by atoms with E-state index in [2.05, 4.69) is 67.8 Å². The fourth-order valence-corrected chi connectivity index (χ4v) is 9.63. The molecule has 72 heavy (non-hydrogen) atoms. The molecule has 0 aromatic carbocycles. The van der Waals surface area contributed by atoms with Gasteiger partial charge < -0.3 is 19.8 Å². The van der Waals surface area contributed by atoms with Gasteiger partial charge in [-0.05, 0) is 70.6 Å². The maximum atomic E-state index is 13.0.